The lowest BCUT2D eigenvalue weighted by Gasteiger charge is -2.58. The molecule has 39 heavy (non-hydrogen) atoms. The predicted octanol–water partition coefficient (Wildman–Crippen LogP) is 5.14. The zero-order valence-corrected chi connectivity index (χ0v) is 23.4. The van der Waals surface area contributed by atoms with Gasteiger partial charge in [-0.15, -0.1) is 0 Å². The number of hydrogen-bond acceptors (Lipinski definition) is 5. The molecule has 0 atom stereocenters. The largest absolute Gasteiger partial charge is 0.338 e. The molecule has 1 saturated heterocycles. The molecule has 1 N–H and O–H groups in total. The first-order chi connectivity index (χ1) is 18.6. The van der Waals surface area contributed by atoms with Gasteiger partial charge in [-0.2, -0.15) is 10.2 Å². The van der Waals surface area contributed by atoms with Crippen molar-refractivity contribution in [1.29, 1.82) is 0 Å². The molecule has 0 unspecified atom stereocenters. The number of carbonyl (C=O) groups excluding carboxylic acids is 1. The standard InChI is InChI=1S/C29H28ClN5O3S/c1-4-24(36)34-14-29(15-34)9-21(10-29)35-17(3)25(26-22-11-31-32-23(22)7-16(2)27(26)30)28(33-35)18-5-6-19-12-39(37,38)13-20(19)8-18/h4-8,11,21H,1,9-10,12-15H2,2-3H3,(H,31,32). The van der Waals surface area contributed by atoms with E-state index in [2.05, 4.69) is 28.4 Å². The molecule has 2 fully saturated rings. The smallest absolute Gasteiger partial charge is 0.245 e. The van der Waals surface area contributed by atoms with Crippen molar-refractivity contribution < 1.29 is 13.2 Å². The summed E-state index contributed by atoms with van der Waals surface area (Å²) in [5.74, 6) is 0.117. The molecule has 8 nitrogen and oxygen atoms in total. The molecule has 1 spiro atoms. The van der Waals surface area contributed by atoms with Crippen LogP contribution in [0.3, 0.4) is 0 Å². The number of aryl methyl sites for hydroxylation is 1. The van der Waals surface area contributed by atoms with Crippen molar-refractivity contribution >= 4 is 38.2 Å². The van der Waals surface area contributed by atoms with Crippen LogP contribution in [-0.2, 0) is 26.1 Å². The number of aromatic nitrogens is 4. The third-order valence-corrected chi connectivity index (χ3v) is 10.7. The predicted molar refractivity (Wildman–Crippen MR) is 151 cm³/mol. The molecule has 0 bridgehead atoms. The summed E-state index contributed by atoms with van der Waals surface area (Å²) in [6, 6.07) is 8.06. The van der Waals surface area contributed by atoms with E-state index in [4.69, 9.17) is 16.7 Å². The van der Waals surface area contributed by atoms with Crippen LogP contribution in [0.2, 0.25) is 5.02 Å². The zero-order chi connectivity index (χ0) is 27.3. The van der Waals surface area contributed by atoms with E-state index in [0.29, 0.717) is 5.02 Å². The Morgan fingerprint density at radius 2 is 1.90 bits per heavy atom. The van der Waals surface area contributed by atoms with Crippen molar-refractivity contribution in [2.24, 2.45) is 5.41 Å². The molecule has 2 aromatic heterocycles. The number of benzene rings is 2. The average molecular weight is 562 g/mol. The Balaban J connectivity index is 1.35. The number of likely N-dealkylation sites (tertiary alicyclic amines) is 1. The molecule has 1 amide bonds. The van der Waals surface area contributed by atoms with E-state index in [-0.39, 0.29) is 28.9 Å². The highest BCUT2D eigenvalue weighted by atomic mass is 35.5. The second kappa shape index (κ2) is 8.29. The molecule has 2 aromatic carbocycles. The first kappa shape index (κ1) is 24.6. The Bertz CT molecular complexity index is 1820. The fourth-order valence-corrected chi connectivity index (χ4v) is 8.66. The van der Waals surface area contributed by atoms with Crippen LogP contribution in [0.5, 0.6) is 0 Å². The highest BCUT2D eigenvalue weighted by Crippen LogP contribution is 2.55. The van der Waals surface area contributed by atoms with Crippen LogP contribution >= 0.6 is 11.6 Å². The van der Waals surface area contributed by atoms with E-state index in [1.54, 1.807) is 6.20 Å². The van der Waals surface area contributed by atoms with Crippen molar-refractivity contribution in [2.45, 2.75) is 44.2 Å². The van der Waals surface area contributed by atoms with Crippen molar-refractivity contribution in [3.8, 4) is 22.4 Å². The van der Waals surface area contributed by atoms with Gasteiger partial charge in [0.05, 0.1) is 34.3 Å². The molecule has 2 aliphatic heterocycles. The van der Waals surface area contributed by atoms with Gasteiger partial charge in [-0.3, -0.25) is 14.6 Å². The molecule has 4 heterocycles. The SMILES string of the molecule is C=CC(=O)N1CC2(CC(n3nc(-c4ccc5c(c4)CS(=O)(=O)C5)c(-c4c(Cl)c(C)cc5[nH]ncc45)c3C)C2)C1. The summed E-state index contributed by atoms with van der Waals surface area (Å²) >= 11 is 7.00. The van der Waals surface area contributed by atoms with Crippen LogP contribution in [0.15, 0.2) is 43.1 Å². The van der Waals surface area contributed by atoms with Gasteiger partial charge in [0.1, 0.15) is 5.69 Å². The number of hydrogen-bond donors (Lipinski definition) is 1. The van der Waals surface area contributed by atoms with E-state index >= 15 is 0 Å². The number of nitrogens with one attached hydrogen (secondary N) is 1. The average Bonchev–Trinajstić information content (AvgIpc) is 3.52. The van der Waals surface area contributed by atoms with Gasteiger partial charge >= 0.3 is 0 Å². The maximum absolute atomic E-state index is 12.3. The van der Waals surface area contributed by atoms with Crippen LogP contribution in [0.25, 0.3) is 33.3 Å². The van der Waals surface area contributed by atoms with Gasteiger partial charge in [-0.25, -0.2) is 8.42 Å². The molecule has 10 heteroatoms. The van der Waals surface area contributed by atoms with Crippen molar-refractivity contribution in [2.75, 3.05) is 13.1 Å². The van der Waals surface area contributed by atoms with E-state index < -0.39 is 9.84 Å². The number of sulfone groups is 1. The van der Waals surface area contributed by atoms with Crippen LogP contribution < -0.4 is 0 Å². The third kappa shape index (κ3) is 3.70. The van der Waals surface area contributed by atoms with Gasteiger partial charge in [0, 0.05) is 46.3 Å². The summed E-state index contributed by atoms with van der Waals surface area (Å²) in [7, 11) is -3.13. The number of aromatic amines is 1. The summed E-state index contributed by atoms with van der Waals surface area (Å²) in [4.78, 5) is 13.8. The van der Waals surface area contributed by atoms with Gasteiger partial charge in [0.2, 0.25) is 5.91 Å². The van der Waals surface area contributed by atoms with Crippen LogP contribution in [0.1, 0.15) is 41.3 Å². The van der Waals surface area contributed by atoms with Gasteiger partial charge in [-0.1, -0.05) is 30.3 Å². The lowest BCUT2D eigenvalue weighted by atomic mass is 9.60. The quantitative estimate of drug-likeness (QED) is 0.348. The van der Waals surface area contributed by atoms with E-state index in [0.717, 1.165) is 81.6 Å². The van der Waals surface area contributed by atoms with Crippen molar-refractivity contribution in [1.82, 2.24) is 24.9 Å². The summed E-state index contributed by atoms with van der Waals surface area (Å²) < 4.78 is 26.8. The van der Waals surface area contributed by atoms with Crippen LogP contribution in [-0.4, -0.2) is 52.3 Å². The fraction of sp³-hybridized carbons (Fsp3) is 0.345. The summed E-state index contributed by atoms with van der Waals surface area (Å²) in [5, 5.41) is 14.1. The van der Waals surface area contributed by atoms with Gasteiger partial charge in [-0.05, 0) is 61.6 Å². The Morgan fingerprint density at radius 1 is 1.15 bits per heavy atom. The molecule has 0 radical (unpaired) electrons. The lowest BCUT2D eigenvalue weighted by molar-refractivity contribution is -0.149. The van der Waals surface area contributed by atoms with Gasteiger partial charge < -0.3 is 4.90 Å². The number of carbonyl (C=O) groups is 1. The summed E-state index contributed by atoms with van der Waals surface area (Å²) in [6.45, 7) is 9.18. The highest BCUT2D eigenvalue weighted by Gasteiger charge is 2.54. The van der Waals surface area contributed by atoms with Gasteiger partial charge in [0.15, 0.2) is 9.84 Å². The molecule has 4 aromatic rings. The number of nitrogens with zero attached hydrogens (tertiary/aromatic N) is 4. The molecular weight excluding hydrogens is 534 g/mol. The van der Waals surface area contributed by atoms with Crippen LogP contribution in [0.4, 0.5) is 0 Å². The number of H-pyrrole nitrogens is 1. The van der Waals surface area contributed by atoms with Crippen molar-refractivity contribution in [3.63, 3.8) is 0 Å². The second-order valence-corrected chi connectivity index (χ2v) is 13.9. The Morgan fingerprint density at radius 3 is 2.64 bits per heavy atom. The summed E-state index contributed by atoms with van der Waals surface area (Å²) in [5.41, 5.74) is 8.14. The monoisotopic (exact) mass is 561 g/mol. The second-order valence-electron chi connectivity index (χ2n) is 11.4. The highest BCUT2D eigenvalue weighted by molar-refractivity contribution is 7.90. The zero-order valence-electron chi connectivity index (χ0n) is 21.8. The number of halogens is 1. The minimum Gasteiger partial charge on any atom is -0.338 e. The summed E-state index contributed by atoms with van der Waals surface area (Å²) in [6.07, 6.45) is 5.06. The first-order valence-electron chi connectivity index (χ1n) is 13.0. The maximum atomic E-state index is 12.3. The molecule has 3 aliphatic rings. The van der Waals surface area contributed by atoms with E-state index in [9.17, 15) is 13.2 Å². The number of rotatable bonds is 4. The normalized spacial score (nSPS) is 19.2. The molecule has 1 aliphatic carbocycles. The molecule has 1 saturated carbocycles. The first-order valence-corrected chi connectivity index (χ1v) is 15.2. The Hall–Kier alpha value is -3.43. The molecule has 7 rings (SSSR count). The molecule has 200 valence electrons. The minimum atomic E-state index is -3.13. The number of amides is 1. The molecular formula is C29H28ClN5O3S. The van der Waals surface area contributed by atoms with Gasteiger partial charge in [0.25, 0.3) is 0 Å². The Labute approximate surface area is 231 Å². The minimum absolute atomic E-state index is 0.0132. The Kier molecular flexibility index (Phi) is 5.23. The number of fused-ring (bicyclic) bond motifs is 2. The van der Waals surface area contributed by atoms with E-state index in [1.807, 2.05) is 36.1 Å². The maximum Gasteiger partial charge on any atom is 0.245 e. The van der Waals surface area contributed by atoms with Crippen molar-refractivity contribution in [3.05, 3.63) is 70.5 Å². The third-order valence-electron chi connectivity index (χ3n) is 8.72. The lowest BCUT2D eigenvalue weighted by Crippen LogP contribution is -2.63. The fourth-order valence-electron chi connectivity index (χ4n) is 6.81. The van der Waals surface area contributed by atoms with Crippen LogP contribution in [0, 0.1) is 19.3 Å². The topological polar surface area (TPSA) is 101 Å². The van der Waals surface area contributed by atoms with E-state index in [1.165, 1.54) is 6.08 Å².